The summed E-state index contributed by atoms with van der Waals surface area (Å²) in [6.45, 7) is 1.90. The van der Waals surface area contributed by atoms with Crippen molar-refractivity contribution < 1.29 is 14.7 Å². The highest BCUT2D eigenvalue weighted by Crippen LogP contribution is 2.10. The predicted octanol–water partition coefficient (Wildman–Crippen LogP) is 2.58. The number of halogens is 1. The Kier molecular flexibility index (Phi) is 4.73. The summed E-state index contributed by atoms with van der Waals surface area (Å²) in [5, 5.41) is 12.6. The third-order valence-electron chi connectivity index (χ3n) is 2.96. The summed E-state index contributed by atoms with van der Waals surface area (Å²) in [5.74, 6) is -1.10. The SMILES string of the molecule is Cc1ccc(C(=O)C(O)NC(=O)c2ccc(Cl)cc2)cc1. The molecular weight excluding hydrogens is 290 g/mol. The Hall–Kier alpha value is -2.17. The molecule has 108 valence electrons. The van der Waals surface area contributed by atoms with Crippen LogP contribution in [0.2, 0.25) is 5.02 Å². The summed E-state index contributed by atoms with van der Waals surface area (Å²) in [6.07, 6.45) is -1.59. The summed E-state index contributed by atoms with van der Waals surface area (Å²) < 4.78 is 0. The van der Waals surface area contributed by atoms with Gasteiger partial charge >= 0.3 is 0 Å². The van der Waals surface area contributed by atoms with E-state index in [-0.39, 0.29) is 0 Å². The maximum Gasteiger partial charge on any atom is 0.253 e. The van der Waals surface area contributed by atoms with Crippen LogP contribution in [-0.2, 0) is 0 Å². The van der Waals surface area contributed by atoms with Gasteiger partial charge in [-0.1, -0.05) is 41.4 Å². The van der Waals surface area contributed by atoms with Crippen LogP contribution < -0.4 is 5.32 Å². The van der Waals surface area contributed by atoms with Gasteiger partial charge in [0, 0.05) is 16.1 Å². The molecule has 1 unspecified atom stereocenters. The lowest BCUT2D eigenvalue weighted by Crippen LogP contribution is -2.40. The van der Waals surface area contributed by atoms with Gasteiger partial charge in [-0.15, -0.1) is 0 Å². The Morgan fingerprint density at radius 1 is 1.00 bits per heavy atom. The number of aryl methyl sites for hydroxylation is 1. The molecule has 0 aliphatic heterocycles. The van der Waals surface area contributed by atoms with Crippen molar-refractivity contribution in [3.05, 3.63) is 70.2 Å². The second-order valence-corrected chi connectivity index (χ2v) is 5.05. The summed E-state index contributed by atoms with van der Waals surface area (Å²) in [6, 6.07) is 12.9. The van der Waals surface area contributed by atoms with Crippen LogP contribution in [0.4, 0.5) is 0 Å². The van der Waals surface area contributed by atoms with Crippen LogP contribution in [0.15, 0.2) is 48.5 Å². The first kappa shape index (κ1) is 15.2. The quantitative estimate of drug-likeness (QED) is 0.674. The zero-order valence-corrected chi connectivity index (χ0v) is 12.1. The molecule has 0 radical (unpaired) electrons. The first-order chi connectivity index (χ1) is 9.97. The Labute approximate surface area is 127 Å². The third-order valence-corrected chi connectivity index (χ3v) is 3.21. The first-order valence-electron chi connectivity index (χ1n) is 6.33. The number of carbonyl (C=O) groups excluding carboxylic acids is 2. The minimum absolute atomic E-state index is 0.315. The maximum atomic E-state index is 12.0. The van der Waals surface area contributed by atoms with Gasteiger partial charge in [0.25, 0.3) is 5.91 Å². The lowest BCUT2D eigenvalue weighted by atomic mass is 10.1. The molecule has 2 aromatic carbocycles. The lowest BCUT2D eigenvalue weighted by molar-refractivity contribution is 0.0607. The summed E-state index contributed by atoms with van der Waals surface area (Å²) >= 11 is 5.73. The molecule has 0 spiro atoms. The van der Waals surface area contributed by atoms with Gasteiger partial charge in [-0.05, 0) is 31.2 Å². The van der Waals surface area contributed by atoms with Gasteiger partial charge in [0.2, 0.25) is 5.78 Å². The second-order valence-electron chi connectivity index (χ2n) is 4.61. The van der Waals surface area contributed by atoms with Gasteiger partial charge in [-0.3, -0.25) is 9.59 Å². The van der Waals surface area contributed by atoms with Gasteiger partial charge in [0.1, 0.15) is 0 Å². The van der Waals surface area contributed by atoms with Crippen molar-refractivity contribution in [3.63, 3.8) is 0 Å². The zero-order chi connectivity index (χ0) is 15.4. The Morgan fingerprint density at radius 3 is 2.10 bits per heavy atom. The van der Waals surface area contributed by atoms with Crippen LogP contribution in [0, 0.1) is 6.92 Å². The fourth-order valence-electron chi connectivity index (χ4n) is 1.75. The summed E-state index contributed by atoms with van der Waals surface area (Å²) in [5.41, 5.74) is 1.66. The lowest BCUT2D eigenvalue weighted by Gasteiger charge is -2.12. The fraction of sp³-hybridized carbons (Fsp3) is 0.125. The molecule has 0 saturated heterocycles. The van der Waals surface area contributed by atoms with Crippen molar-refractivity contribution in [1.82, 2.24) is 5.32 Å². The second kappa shape index (κ2) is 6.52. The smallest absolute Gasteiger partial charge is 0.253 e. The average Bonchev–Trinajstić information content (AvgIpc) is 2.47. The molecule has 1 atom stereocenters. The van der Waals surface area contributed by atoms with Gasteiger partial charge < -0.3 is 10.4 Å². The number of aliphatic hydroxyl groups is 1. The highest BCUT2D eigenvalue weighted by atomic mass is 35.5. The Balaban J connectivity index is 2.05. The Bertz CT molecular complexity index is 650. The van der Waals surface area contributed by atoms with Crippen molar-refractivity contribution in [2.45, 2.75) is 13.2 Å². The monoisotopic (exact) mass is 303 g/mol. The number of benzene rings is 2. The van der Waals surface area contributed by atoms with Gasteiger partial charge in [0.05, 0.1) is 0 Å². The van der Waals surface area contributed by atoms with E-state index in [1.165, 1.54) is 12.1 Å². The normalized spacial score (nSPS) is 11.8. The van der Waals surface area contributed by atoms with Crippen LogP contribution in [0.3, 0.4) is 0 Å². The molecular formula is C16H14ClNO3. The van der Waals surface area contributed by atoms with E-state index in [4.69, 9.17) is 11.6 Å². The standard InChI is InChI=1S/C16H14ClNO3/c1-10-2-4-11(5-3-10)14(19)16(21)18-15(20)12-6-8-13(17)9-7-12/h2-9,16,21H,1H3,(H,18,20). The number of hydrogen-bond donors (Lipinski definition) is 2. The molecule has 2 aromatic rings. The highest BCUT2D eigenvalue weighted by Gasteiger charge is 2.19. The predicted molar refractivity (Wildman–Crippen MR) is 80.4 cm³/mol. The molecule has 2 N–H and O–H groups in total. The number of Topliss-reactive ketones (excluding diaryl/α,β-unsaturated/α-hetero) is 1. The average molecular weight is 304 g/mol. The minimum atomic E-state index is -1.59. The van der Waals surface area contributed by atoms with E-state index in [0.29, 0.717) is 16.1 Å². The molecule has 0 aromatic heterocycles. The highest BCUT2D eigenvalue weighted by molar-refractivity contribution is 6.30. The zero-order valence-electron chi connectivity index (χ0n) is 11.3. The number of nitrogens with one attached hydrogen (secondary N) is 1. The van der Waals surface area contributed by atoms with Gasteiger partial charge in [-0.25, -0.2) is 0 Å². The number of ketones is 1. The number of hydrogen-bond acceptors (Lipinski definition) is 3. The summed E-state index contributed by atoms with van der Waals surface area (Å²) in [4.78, 5) is 23.9. The third kappa shape index (κ3) is 3.90. The molecule has 5 heteroatoms. The Morgan fingerprint density at radius 2 is 1.52 bits per heavy atom. The van der Waals surface area contributed by atoms with E-state index in [2.05, 4.69) is 5.32 Å². The van der Waals surface area contributed by atoms with Crippen molar-refractivity contribution in [2.24, 2.45) is 0 Å². The molecule has 0 heterocycles. The molecule has 2 rings (SSSR count). The molecule has 1 amide bonds. The van der Waals surface area contributed by atoms with Crippen molar-refractivity contribution >= 4 is 23.3 Å². The number of rotatable bonds is 4. The van der Waals surface area contributed by atoms with E-state index in [1.807, 2.05) is 6.92 Å². The summed E-state index contributed by atoms with van der Waals surface area (Å²) in [7, 11) is 0. The number of amides is 1. The van der Waals surface area contributed by atoms with E-state index in [1.54, 1.807) is 36.4 Å². The molecule has 4 nitrogen and oxygen atoms in total. The molecule has 0 saturated carbocycles. The van der Waals surface area contributed by atoms with E-state index >= 15 is 0 Å². The van der Waals surface area contributed by atoms with Crippen molar-refractivity contribution in [1.29, 1.82) is 0 Å². The first-order valence-corrected chi connectivity index (χ1v) is 6.70. The van der Waals surface area contributed by atoms with Crippen LogP contribution >= 0.6 is 11.6 Å². The fourth-order valence-corrected chi connectivity index (χ4v) is 1.88. The van der Waals surface area contributed by atoms with Crippen molar-refractivity contribution in [3.8, 4) is 0 Å². The van der Waals surface area contributed by atoms with E-state index < -0.39 is 17.9 Å². The molecule has 0 aliphatic rings. The van der Waals surface area contributed by atoms with E-state index in [0.717, 1.165) is 5.56 Å². The topological polar surface area (TPSA) is 66.4 Å². The van der Waals surface area contributed by atoms with Crippen LogP contribution in [-0.4, -0.2) is 23.0 Å². The molecule has 21 heavy (non-hydrogen) atoms. The van der Waals surface area contributed by atoms with Gasteiger partial charge in [0.15, 0.2) is 6.23 Å². The van der Waals surface area contributed by atoms with Crippen LogP contribution in [0.5, 0.6) is 0 Å². The minimum Gasteiger partial charge on any atom is -0.367 e. The van der Waals surface area contributed by atoms with Crippen LogP contribution in [0.1, 0.15) is 26.3 Å². The molecule has 0 aliphatic carbocycles. The largest absolute Gasteiger partial charge is 0.367 e. The van der Waals surface area contributed by atoms with E-state index in [9.17, 15) is 14.7 Å². The maximum absolute atomic E-state index is 12.0. The van der Waals surface area contributed by atoms with Gasteiger partial charge in [-0.2, -0.15) is 0 Å². The number of carbonyl (C=O) groups is 2. The molecule has 0 fully saturated rings. The van der Waals surface area contributed by atoms with Crippen LogP contribution in [0.25, 0.3) is 0 Å². The van der Waals surface area contributed by atoms with Crippen molar-refractivity contribution in [2.75, 3.05) is 0 Å². The molecule has 0 bridgehead atoms. The number of aliphatic hydroxyl groups excluding tert-OH is 1.